The lowest BCUT2D eigenvalue weighted by Gasteiger charge is -2.06. The first kappa shape index (κ1) is 14.4. The molecule has 0 saturated heterocycles. The van der Waals surface area contributed by atoms with Crippen LogP contribution in [0.15, 0.2) is 16.7 Å². The third kappa shape index (κ3) is 2.07. The fourth-order valence-electron chi connectivity index (χ4n) is 2.70. The molecule has 3 aromatic rings. The van der Waals surface area contributed by atoms with Crippen molar-refractivity contribution in [3.05, 3.63) is 35.0 Å². The normalized spacial score (nSPS) is 15.0. The average Bonchev–Trinajstić information content (AvgIpc) is 3.12. The second kappa shape index (κ2) is 4.67. The maximum Gasteiger partial charge on any atom is 0.586 e. The molecule has 9 heteroatoms. The largest absolute Gasteiger partial charge is 0.586 e. The minimum atomic E-state index is -3.70. The van der Waals surface area contributed by atoms with Crippen LogP contribution < -0.4 is 9.47 Å². The van der Waals surface area contributed by atoms with Crippen LogP contribution >= 0.6 is 0 Å². The Kier molecular flexibility index (Phi) is 2.81. The molecule has 1 aliphatic heterocycles. The van der Waals surface area contributed by atoms with E-state index < -0.39 is 6.29 Å². The first-order valence-corrected chi connectivity index (χ1v) is 7.00. The molecule has 0 bridgehead atoms. The van der Waals surface area contributed by atoms with Gasteiger partial charge in [-0.25, -0.2) is 4.98 Å². The molecule has 7 nitrogen and oxygen atoms in total. The van der Waals surface area contributed by atoms with Gasteiger partial charge in [-0.05, 0) is 13.8 Å². The van der Waals surface area contributed by atoms with Crippen molar-refractivity contribution in [2.45, 2.75) is 26.7 Å². The molecule has 0 atom stereocenters. The lowest BCUT2D eigenvalue weighted by atomic mass is 10.2. The Hall–Kier alpha value is -3.15. The summed E-state index contributed by atoms with van der Waals surface area (Å²) in [5.74, 6) is 0.543. The Balaban J connectivity index is 1.87. The van der Waals surface area contributed by atoms with Gasteiger partial charge in [0.05, 0.1) is 23.3 Å². The van der Waals surface area contributed by atoms with Crippen LogP contribution in [0.5, 0.6) is 11.5 Å². The summed E-state index contributed by atoms with van der Waals surface area (Å²) in [7, 11) is 0. The summed E-state index contributed by atoms with van der Waals surface area (Å²) in [6.07, 6.45) is -3.70. The van der Waals surface area contributed by atoms with Gasteiger partial charge in [0.15, 0.2) is 11.5 Å². The van der Waals surface area contributed by atoms with Crippen LogP contribution in [-0.4, -0.2) is 21.0 Å². The van der Waals surface area contributed by atoms with Crippen molar-refractivity contribution in [1.82, 2.24) is 14.7 Å². The molecule has 4 rings (SSSR count). The second-order valence-corrected chi connectivity index (χ2v) is 5.39. The van der Waals surface area contributed by atoms with Crippen LogP contribution in [0.2, 0.25) is 0 Å². The molecule has 1 aliphatic rings. The Morgan fingerprint density at radius 3 is 2.58 bits per heavy atom. The predicted octanol–water partition coefficient (Wildman–Crippen LogP) is 2.88. The van der Waals surface area contributed by atoms with Crippen molar-refractivity contribution in [3.8, 4) is 17.6 Å². The van der Waals surface area contributed by atoms with Gasteiger partial charge in [-0.15, -0.1) is 8.78 Å². The van der Waals surface area contributed by atoms with Crippen LogP contribution in [0.25, 0.3) is 11.0 Å². The zero-order valence-corrected chi connectivity index (χ0v) is 12.6. The van der Waals surface area contributed by atoms with Crippen LogP contribution in [0.4, 0.5) is 8.78 Å². The minimum Gasteiger partial charge on any atom is -0.395 e. The lowest BCUT2D eigenvalue weighted by Crippen LogP contribution is -2.25. The third-order valence-electron chi connectivity index (χ3n) is 3.87. The van der Waals surface area contributed by atoms with Crippen molar-refractivity contribution < 1.29 is 22.8 Å². The number of nitriles is 1. The summed E-state index contributed by atoms with van der Waals surface area (Å²) in [6.45, 7) is 3.82. The highest BCUT2D eigenvalue weighted by Gasteiger charge is 2.44. The highest BCUT2D eigenvalue weighted by molar-refractivity contribution is 5.81. The first-order valence-electron chi connectivity index (χ1n) is 7.00. The fraction of sp³-hybridized carbons (Fsp3) is 0.267. The Labute approximate surface area is 134 Å². The van der Waals surface area contributed by atoms with Gasteiger partial charge in [0.1, 0.15) is 11.8 Å². The molecule has 0 spiro atoms. The van der Waals surface area contributed by atoms with Gasteiger partial charge in [0, 0.05) is 17.7 Å². The molecule has 0 unspecified atom stereocenters. The fourth-order valence-corrected chi connectivity index (χ4v) is 2.70. The number of aromatic nitrogens is 3. The number of ether oxygens (including phenoxy) is 2. The number of imidazole rings is 1. The van der Waals surface area contributed by atoms with Gasteiger partial charge in [-0.3, -0.25) is 0 Å². The highest BCUT2D eigenvalue weighted by atomic mass is 19.3. The van der Waals surface area contributed by atoms with Crippen LogP contribution in [0.3, 0.4) is 0 Å². The first-order chi connectivity index (χ1) is 11.4. The Morgan fingerprint density at radius 1 is 1.25 bits per heavy atom. The lowest BCUT2D eigenvalue weighted by molar-refractivity contribution is -0.286. The number of fused-ring (bicyclic) bond motifs is 2. The number of halogens is 2. The highest BCUT2D eigenvalue weighted by Crippen LogP contribution is 2.43. The van der Waals surface area contributed by atoms with E-state index in [-0.39, 0.29) is 23.9 Å². The maximum atomic E-state index is 13.2. The molecule has 122 valence electrons. The summed E-state index contributed by atoms with van der Waals surface area (Å²) < 4.78 is 42.0. The van der Waals surface area contributed by atoms with Gasteiger partial charge in [0.2, 0.25) is 5.82 Å². The van der Waals surface area contributed by atoms with Crippen molar-refractivity contribution >= 4 is 11.0 Å². The van der Waals surface area contributed by atoms with Crippen molar-refractivity contribution in [2.24, 2.45) is 0 Å². The number of hydrogen-bond donors (Lipinski definition) is 0. The van der Waals surface area contributed by atoms with E-state index in [2.05, 4.69) is 19.6 Å². The molecular weight excluding hydrogens is 322 g/mol. The summed E-state index contributed by atoms with van der Waals surface area (Å²) in [5.41, 5.74) is 2.32. The van der Waals surface area contributed by atoms with Crippen molar-refractivity contribution in [3.63, 3.8) is 0 Å². The number of rotatable bonds is 2. The van der Waals surface area contributed by atoms with Crippen LogP contribution in [-0.2, 0) is 6.54 Å². The van der Waals surface area contributed by atoms with Crippen molar-refractivity contribution in [1.29, 1.82) is 5.26 Å². The number of benzene rings is 1. The van der Waals surface area contributed by atoms with Gasteiger partial charge >= 0.3 is 6.29 Å². The van der Waals surface area contributed by atoms with E-state index in [1.807, 2.05) is 6.07 Å². The molecule has 0 amide bonds. The molecule has 24 heavy (non-hydrogen) atoms. The standard InChI is InChI=1S/C15H10F2N4O3/c1-7-9(8(2)24-20-7)6-21-11-4-13-12(22-15(16,17)23-13)3-10(11)19-14(21)5-18/h3-4H,6H2,1-2H3. The van der Waals surface area contributed by atoms with Gasteiger partial charge in [-0.2, -0.15) is 5.26 Å². The molecule has 0 aliphatic carbocycles. The molecule has 2 aromatic heterocycles. The topological polar surface area (TPSA) is 86.1 Å². The minimum absolute atomic E-state index is 0.100. The molecule has 3 heterocycles. The Morgan fingerprint density at radius 2 is 1.96 bits per heavy atom. The summed E-state index contributed by atoms with van der Waals surface area (Å²) in [4.78, 5) is 4.17. The van der Waals surface area contributed by atoms with E-state index in [0.29, 0.717) is 22.5 Å². The number of aryl methyl sites for hydroxylation is 2. The van der Waals surface area contributed by atoms with E-state index in [9.17, 15) is 14.0 Å². The van der Waals surface area contributed by atoms with Gasteiger partial charge in [-0.1, -0.05) is 5.16 Å². The average molecular weight is 332 g/mol. The molecule has 0 radical (unpaired) electrons. The SMILES string of the molecule is Cc1noc(C)c1Cn1c(C#N)nc2cc3c(cc21)OC(F)(F)O3. The van der Waals surface area contributed by atoms with Crippen molar-refractivity contribution in [2.75, 3.05) is 0 Å². The molecule has 0 N–H and O–H groups in total. The van der Waals surface area contributed by atoms with Crippen LogP contribution in [0, 0.1) is 25.2 Å². The maximum absolute atomic E-state index is 13.2. The third-order valence-corrected chi connectivity index (χ3v) is 3.87. The van der Waals surface area contributed by atoms with Crippen LogP contribution in [0.1, 0.15) is 22.8 Å². The van der Waals surface area contributed by atoms with E-state index >= 15 is 0 Å². The molecular formula is C15H10F2N4O3. The monoisotopic (exact) mass is 332 g/mol. The zero-order valence-electron chi connectivity index (χ0n) is 12.6. The van der Waals surface area contributed by atoms with E-state index in [4.69, 9.17) is 4.52 Å². The quantitative estimate of drug-likeness (QED) is 0.717. The predicted molar refractivity (Wildman–Crippen MR) is 75.7 cm³/mol. The van der Waals surface area contributed by atoms with E-state index in [0.717, 1.165) is 5.56 Å². The molecule has 1 aromatic carbocycles. The summed E-state index contributed by atoms with van der Waals surface area (Å²) in [5, 5.41) is 13.2. The van der Waals surface area contributed by atoms with Gasteiger partial charge in [0.25, 0.3) is 0 Å². The second-order valence-electron chi connectivity index (χ2n) is 5.39. The molecule has 0 fully saturated rings. The zero-order chi connectivity index (χ0) is 17.1. The number of alkyl halides is 2. The number of hydrogen-bond acceptors (Lipinski definition) is 6. The van der Waals surface area contributed by atoms with E-state index in [1.54, 1.807) is 18.4 Å². The van der Waals surface area contributed by atoms with Gasteiger partial charge < -0.3 is 18.6 Å². The number of nitrogens with zero attached hydrogens (tertiary/aromatic N) is 4. The smallest absolute Gasteiger partial charge is 0.395 e. The Bertz CT molecular complexity index is 997. The molecule has 0 saturated carbocycles. The summed E-state index contributed by atoms with van der Waals surface area (Å²) in [6, 6.07) is 4.71. The van der Waals surface area contributed by atoms with E-state index in [1.165, 1.54) is 12.1 Å². The summed E-state index contributed by atoms with van der Waals surface area (Å²) >= 11 is 0.